The van der Waals surface area contributed by atoms with E-state index in [0.717, 1.165) is 12.4 Å². The van der Waals surface area contributed by atoms with Gasteiger partial charge in [0.2, 0.25) is 0 Å². The van der Waals surface area contributed by atoms with Crippen LogP contribution < -0.4 is 21.7 Å². The first-order chi connectivity index (χ1) is 7.40. The molecule has 84 valence electrons. The van der Waals surface area contributed by atoms with E-state index in [4.69, 9.17) is 4.74 Å². The smallest absolute Gasteiger partial charge is 0.367 e. The predicted octanol–water partition coefficient (Wildman–Crippen LogP) is -0.965. The maximum atomic E-state index is 5.28. The molecule has 0 saturated carbocycles. The van der Waals surface area contributed by atoms with Crippen molar-refractivity contribution >= 4 is 0 Å². The molecule has 16 heavy (non-hydrogen) atoms. The van der Waals surface area contributed by atoms with Crippen LogP contribution in [0, 0.1) is 0 Å². The van der Waals surface area contributed by atoms with Gasteiger partial charge in [-0.15, -0.1) is 0 Å². The Bertz CT molecular complexity index is 431. The van der Waals surface area contributed by atoms with Crippen LogP contribution >= 0.6 is 0 Å². The van der Waals surface area contributed by atoms with Gasteiger partial charge in [-0.2, -0.15) is 4.57 Å². The van der Waals surface area contributed by atoms with Crippen LogP contribution in [0.5, 0.6) is 5.88 Å². The summed E-state index contributed by atoms with van der Waals surface area (Å²) in [5.74, 6) is 0.876. The SMILES string of the molecule is COc1cccc[n+]1Cc1ccccc1.[Cl-]. The Labute approximate surface area is 102 Å². The van der Waals surface area contributed by atoms with E-state index >= 15 is 0 Å². The number of nitrogens with zero attached hydrogens (tertiary/aromatic N) is 1. The summed E-state index contributed by atoms with van der Waals surface area (Å²) in [6.45, 7) is 0.838. The summed E-state index contributed by atoms with van der Waals surface area (Å²) >= 11 is 0. The molecule has 1 aromatic carbocycles. The van der Waals surface area contributed by atoms with E-state index in [1.807, 2.05) is 42.6 Å². The lowest BCUT2D eigenvalue weighted by Crippen LogP contribution is -3.00. The van der Waals surface area contributed by atoms with Gasteiger partial charge in [-0.3, -0.25) is 0 Å². The van der Waals surface area contributed by atoms with Crippen LogP contribution in [0.15, 0.2) is 54.7 Å². The number of methoxy groups -OCH3 is 1. The predicted molar refractivity (Wildman–Crippen MR) is 58.7 cm³/mol. The highest BCUT2D eigenvalue weighted by atomic mass is 35.5. The monoisotopic (exact) mass is 235 g/mol. The van der Waals surface area contributed by atoms with Crippen molar-refractivity contribution in [1.82, 2.24) is 0 Å². The Hall–Kier alpha value is -1.54. The first-order valence-electron chi connectivity index (χ1n) is 4.96. The molecule has 0 aliphatic rings. The van der Waals surface area contributed by atoms with Crippen LogP contribution in [-0.2, 0) is 6.54 Å². The Morgan fingerprint density at radius 2 is 1.69 bits per heavy atom. The van der Waals surface area contributed by atoms with E-state index in [1.165, 1.54) is 5.56 Å². The fourth-order valence-corrected chi connectivity index (χ4v) is 1.56. The number of benzene rings is 1. The van der Waals surface area contributed by atoms with Gasteiger partial charge in [0.05, 0.1) is 13.2 Å². The number of aromatic nitrogens is 1. The van der Waals surface area contributed by atoms with Crippen LogP contribution in [0.25, 0.3) is 0 Å². The summed E-state index contributed by atoms with van der Waals surface area (Å²) < 4.78 is 7.36. The molecular weight excluding hydrogens is 222 g/mol. The molecule has 0 spiro atoms. The van der Waals surface area contributed by atoms with E-state index in [2.05, 4.69) is 16.7 Å². The lowest BCUT2D eigenvalue weighted by molar-refractivity contribution is -0.693. The third kappa shape index (κ3) is 2.97. The van der Waals surface area contributed by atoms with Crippen molar-refractivity contribution in [1.29, 1.82) is 0 Å². The van der Waals surface area contributed by atoms with Crippen molar-refractivity contribution in [2.45, 2.75) is 6.54 Å². The number of rotatable bonds is 3. The fourth-order valence-electron chi connectivity index (χ4n) is 1.56. The maximum absolute atomic E-state index is 5.28. The third-order valence-corrected chi connectivity index (χ3v) is 2.30. The molecule has 0 N–H and O–H groups in total. The van der Waals surface area contributed by atoms with Gasteiger partial charge in [0.1, 0.15) is 0 Å². The molecule has 1 heterocycles. The molecule has 0 bridgehead atoms. The second kappa shape index (κ2) is 6.13. The Balaban J connectivity index is 0.00000128. The Morgan fingerprint density at radius 3 is 2.38 bits per heavy atom. The molecule has 1 aromatic heterocycles. The molecule has 2 rings (SSSR count). The van der Waals surface area contributed by atoms with E-state index < -0.39 is 0 Å². The molecule has 2 nitrogen and oxygen atoms in total. The molecule has 2 aromatic rings. The zero-order valence-corrected chi connectivity index (χ0v) is 9.89. The molecule has 0 saturated heterocycles. The maximum Gasteiger partial charge on any atom is 0.367 e. The number of hydrogen-bond donors (Lipinski definition) is 0. The Morgan fingerprint density at radius 1 is 1.00 bits per heavy atom. The lowest BCUT2D eigenvalue weighted by atomic mass is 10.2. The first kappa shape index (κ1) is 12.5. The van der Waals surface area contributed by atoms with Gasteiger partial charge >= 0.3 is 5.88 Å². The molecule has 0 amide bonds. The van der Waals surface area contributed by atoms with Crippen molar-refractivity contribution in [3.05, 3.63) is 60.3 Å². The highest BCUT2D eigenvalue weighted by Gasteiger charge is 2.09. The quantitative estimate of drug-likeness (QED) is 0.625. The number of hydrogen-bond acceptors (Lipinski definition) is 1. The zero-order valence-electron chi connectivity index (χ0n) is 9.14. The van der Waals surface area contributed by atoms with Crippen molar-refractivity contribution in [2.75, 3.05) is 7.11 Å². The largest absolute Gasteiger partial charge is 1.00 e. The summed E-state index contributed by atoms with van der Waals surface area (Å²) in [5, 5.41) is 0. The van der Waals surface area contributed by atoms with Crippen molar-refractivity contribution < 1.29 is 21.7 Å². The number of halogens is 1. The molecule has 0 radical (unpaired) electrons. The second-order valence-corrected chi connectivity index (χ2v) is 3.36. The summed E-state index contributed by atoms with van der Waals surface area (Å²) in [6, 6.07) is 16.3. The summed E-state index contributed by atoms with van der Waals surface area (Å²) in [4.78, 5) is 0. The number of pyridine rings is 1. The van der Waals surface area contributed by atoms with Gasteiger partial charge in [0.25, 0.3) is 0 Å². The average molecular weight is 236 g/mol. The molecule has 0 aliphatic carbocycles. The molecule has 0 unspecified atom stereocenters. The van der Waals surface area contributed by atoms with Gasteiger partial charge in [0, 0.05) is 11.6 Å². The highest BCUT2D eigenvalue weighted by molar-refractivity contribution is 5.13. The summed E-state index contributed by atoms with van der Waals surface area (Å²) in [7, 11) is 1.69. The van der Waals surface area contributed by atoms with Crippen molar-refractivity contribution in [2.24, 2.45) is 0 Å². The minimum Gasteiger partial charge on any atom is -1.00 e. The lowest BCUT2D eigenvalue weighted by Gasteiger charge is -2.01. The topological polar surface area (TPSA) is 13.1 Å². The second-order valence-electron chi connectivity index (χ2n) is 3.36. The number of ether oxygens (including phenoxy) is 1. The standard InChI is InChI=1S/C13H14NO.ClH/c1-15-13-9-5-6-10-14(13)11-12-7-3-2-4-8-12;/h2-10H,11H2,1H3;1H/q+1;/p-1. The molecule has 0 atom stereocenters. The Kier molecular flexibility index (Phi) is 4.80. The minimum atomic E-state index is 0. The van der Waals surface area contributed by atoms with Crippen LogP contribution in [0.1, 0.15) is 5.56 Å². The van der Waals surface area contributed by atoms with Crippen LogP contribution in [-0.4, -0.2) is 7.11 Å². The van der Waals surface area contributed by atoms with Gasteiger partial charge in [-0.1, -0.05) is 30.3 Å². The summed E-state index contributed by atoms with van der Waals surface area (Å²) in [6.07, 6.45) is 2.02. The van der Waals surface area contributed by atoms with E-state index in [9.17, 15) is 0 Å². The molecule has 3 heteroatoms. The van der Waals surface area contributed by atoms with E-state index in [0.29, 0.717) is 0 Å². The third-order valence-electron chi connectivity index (χ3n) is 2.30. The first-order valence-corrected chi connectivity index (χ1v) is 4.96. The zero-order chi connectivity index (χ0) is 10.5. The van der Waals surface area contributed by atoms with Gasteiger partial charge in [-0.05, 0) is 6.07 Å². The molecule has 0 aliphatic heterocycles. The van der Waals surface area contributed by atoms with Crippen LogP contribution in [0.4, 0.5) is 0 Å². The van der Waals surface area contributed by atoms with Gasteiger partial charge in [-0.25, -0.2) is 0 Å². The van der Waals surface area contributed by atoms with E-state index in [1.54, 1.807) is 7.11 Å². The fraction of sp³-hybridized carbons (Fsp3) is 0.154. The summed E-state index contributed by atoms with van der Waals surface area (Å²) in [5.41, 5.74) is 1.27. The van der Waals surface area contributed by atoms with Crippen molar-refractivity contribution in [3.8, 4) is 5.88 Å². The minimum absolute atomic E-state index is 0. The highest BCUT2D eigenvalue weighted by Crippen LogP contribution is 2.03. The van der Waals surface area contributed by atoms with Gasteiger partial charge < -0.3 is 17.1 Å². The molecular formula is C13H14ClNO. The van der Waals surface area contributed by atoms with Crippen molar-refractivity contribution in [3.63, 3.8) is 0 Å². The normalized spacial score (nSPS) is 9.31. The van der Waals surface area contributed by atoms with Gasteiger partial charge in [0.15, 0.2) is 12.7 Å². The van der Waals surface area contributed by atoms with E-state index in [-0.39, 0.29) is 12.4 Å². The van der Waals surface area contributed by atoms with Crippen LogP contribution in [0.3, 0.4) is 0 Å². The van der Waals surface area contributed by atoms with Crippen LogP contribution in [0.2, 0.25) is 0 Å². The average Bonchev–Trinajstić information content (AvgIpc) is 2.31. The molecule has 0 fully saturated rings.